The lowest BCUT2D eigenvalue weighted by Crippen LogP contribution is -2.31. The molecule has 0 aromatic heterocycles. The van der Waals surface area contributed by atoms with Gasteiger partial charge in [0.2, 0.25) is 0 Å². The Morgan fingerprint density at radius 2 is 1.49 bits per heavy atom. The quantitative estimate of drug-likeness (QED) is 0.250. The number of carbonyl (C=O) groups excluding carboxylic acids is 4. The maximum absolute atomic E-state index is 12.7. The van der Waals surface area contributed by atoms with Gasteiger partial charge in [0.05, 0.1) is 0 Å². The molecule has 1 unspecified atom stereocenters. The lowest BCUT2D eigenvalue weighted by molar-refractivity contribution is -0.166. The second-order valence-electron chi connectivity index (χ2n) is 9.52. The number of aliphatic hydroxyl groups excluding tert-OH is 1. The number of hydrogen-bond acceptors (Lipinski definition) is 9. The zero-order valence-corrected chi connectivity index (χ0v) is 21.8. The molecule has 0 amide bonds. The van der Waals surface area contributed by atoms with E-state index in [-0.39, 0.29) is 32.7 Å². The Labute approximate surface area is 207 Å². The summed E-state index contributed by atoms with van der Waals surface area (Å²) in [5.41, 5.74) is 2.36. The first-order chi connectivity index (χ1) is 16.2. The third-order valence-electron chi connectivity index (χ3n) is 5.35. The second-order valence-corrected chi connectivity index (χ2v) is 9.52. The molecule has 0 saturated heterocycles. The maximum atomic E-state index is 12.7. The molecule has 9 heteroatoms. The Morgan fingerprint density at radius 3 is 2.00 bits per heavy atom. The number of aliphatic hydroxyl groups is 1. The first-order valence-corrected chi connectivity index (χ1v) is 11.6. The van der Waals surface area contributed by atoms with E-state index in [1.807, 2.05) is 33.8 Å². The molecule has 1 N–H and O–H groups in total. The van der Waals surface area contributed by atoms with Gasteiger partial charge in [0.15, 0.2) is 6.10 Å². The van der Waals surface area contributed by atoms with Crippen molar-refractivity contribution in [2.75, 3.05) is 19.8 Å². The molecule has 1 aromatic rings. The molecule has 35 heavy (non-hydrogen) atoms. The predicted octanol–water partition coefficient (Wildman–Crippen LogP) is 3.32. The van der Waals surface area contributed by atoms with Crippen molar-refractivity contribution in [3.8, 4) is 5.75 Å². The van der Waals surface area contributed by atoms with E-state index in [1.54, 1.807) is 13.0 Å². The van der Waals surface area contributed by atoms with E-state index in [0.717, 1.165) is 16.7 Å². The van der Waals surface area contributed by atoms with Gasteiger partial charge >= 0.3 is 23.9 Å². The van der Waals surface area contributed by atoms with E-state index in [9.17, 15) is 24.3 Å². The summed E-state index contributed by atoms with van der Waals surface area (Å²) in [5, 5.41) is 9.47. The van der Waals surface area contributed by atoms with Crippen molar-refractivity contribution >= 4 is 23.9 Å². The van der Waals surface area contributed by atoms with Gasteiger partial charge in [-0.25, -0.2) is 0 Å². The fourth-order valence-electron chi connectivity index (χ4n) is 3.86. The molecule has 0 bridgehead atoms. The molecule has 1 aromatic carbocycles. The van der Waals surface area contributed by atoms with Gasteiger partial charge in [-0.15, -0.1) is 0 Å². The number of benzene rings is 1. The molecule has 0 saturated carbocycles. The van der Waals surface area contributed by atoms with Crippen molar-refractivity contribution in [1.82, 2.24) is 0 Å². The molecule has 1 rings (SSSR count). The summed E-state index contributed by atoms with van der Waals surface area (Å²) in [5.74, 6) is -2.17. The van der Waals surface area contributed by atoms with Crippen molar-refractivity contribution in [2.45, 2.75) is 79.2 Å². The van der Waals surface area contributed by atoms with Crippen molar-refractivity contribution < 1.29 is 43.2 Å². The van der Waals surface area contributed by atoms with Gasteiger partial charge in [0.1, 0.15) is 19.0 Å². The monoisotopic (exact) mass is 494 g/mol. The van der Waals surface area contributed by atoms with Crippen LogP contribution in [-0.2, 0) is 38.8 Å². The SMILES string of the molecule is CC(=O)OCC(COC(C)=O)OC(=O)CC(C)CC(=O)Oc1cc(C)cc(C)c1C(C)(C)CCO. The summed E-state index contributed by atoms with van der Waals surface area (Å²) >= 11 is 0. The van der Waals surface area contributed by atoms with Crippen molar-refractivity contribution in [3.05, 3.63) is 28.8 Å². The molecular formula is C26H38O9. The van der Waals surface area contributed by atoms with E-state index < -0.39 is 41.3 Å². The van der Waals surface area contributed by atoms with Crippen LogP contribution in [-0.4, -0.2) is 54.9 Å². The molecular weight excluding hydrogens is 456 g/mol. The van der Waals surface area contributed by atoms with Gasteiger partial charge in [-0.3, -0.25) is 19.2 Å². The van der Waals surface area contributed by atoms with E-state index in [4.69, 9.17) is 18.9 Å². The highest BCUT2D eigenvalue weighted by Crippen LogP contribution is 2.38. The molecule has 0 aliphatic heterocycles. The normalized spacial score (nSPS) is 12.1. The average Bonchev–Trinajstić information content (AvgIpc) is 2.68. The number of rotatable bonds is 13. The van der Waals surface area contributed by atoms with Crippen LogP contribution in [0.1, 0.15) is 70.6 Å². The fraction of sp³-hybridized carbons (Fsp3) is 0.615. The average molecular weight is 495 g/mol. The second kappa shape index (κ2) is 13.8. The Balaban J connectivity index is 2.80. The Hall–Kier alpha value is -2.94. The zero-order valence-electron chi connectivity index (χ0n) is 21.8. The number of hydrogen-bond donors (Lipinski definition) is 1. The van der Waals surface area contributed by atoms with Crippen LogP contribution in [0.25, 0.3) is 0 Å². The van der Waals surface area contributed by atoms with E-state index >= 15 is 0 Å². The largest absolute Gasteiger partial charge is 0.462 e. The molecule has 9 nitrogen and oxygen atoms in total. The minimum absolute atomic E-state index is 0.00273. The van der Waals surface area contributed by atoms with E-state index in [1.165, 1.54) is 13.8 Å². The highest BCUT2D eigenvalue weighted by Gasteiger charge is 2.28. The predicted molar refractivity (Wildman–Crippen MR) is 128 cm³/mol. The van der Waals surface area contributed by atoms with Crippen molar-refractivity contribution in [2.24, 2.45) is 5.92 Å². The highest BCUT2D eigenvalue weighted by atomic mass is 16.6. The molecule has 0 spiro atoms. The number of ether oxygens (including phenoxy) is 4. The lowest BCUT2D eigenvalue weighted by atomic mass is 9.78. The van der Waals surface area contributed by atoms with Gasteiger partial charge < -0.3 is 24.1 Å². The van der Waals surface area contributed by atoms with Crippen LogP contribution < -0.4 is 4.74 Å². The van der Waals surface area contributed by atoms with Gasteiger partial charge in [0, 0.05) is 38.9 Å². The van der Waals surface area contributed by atoms with E-state index in [2.05, 4.69) is 0 Å². The molecule has 0 aliphatic rings. The summed E-state index contributed by atoms with van der Waals surface area (Å²) in [7, 11) is 0. The van der Waals surface area contributed by atoms with Crippen LogP contribution in [0.3, 0.4) is 0 Å². The van der Waals surface area contributed by atoms with Gasteiger partial charge in [-0.1, -0.05) is 26.8 Å². The fourth-order valence-corrected chi connectivity index (χ4v) is 3.86. The summed E-state index contributed by atoms with van der Waals surface area (Å²) in [6, 6.07) is 3.80. The number of esters is 4. The lowest BCUT2D eigenvalue weighted by Gasteiger charge is -2.29. The van der Waals surface area contributed by atoms with Crippen molar-refractivity contribution in [3.63, 3.8) is 0 Å². The molecule has 0 heterocycles. The van der Waals surface area contributed by atoms with Crippen LogP contribution in [0.15, 0.2) is 12.1 Å². The van der Waals surface area contributed by atoms with Gasteiger partial charge in [-0.2, -0.15) is 0 Å². The first kappa shape index (κ1) is 30.1. The standard InChI is InChI=1S/C26H38O9/c1-16-10-18(3)25(26(6,7)8-9-27)22(11-16)35-24(31)13-17(2)12-23(30)34-21(14-32-19(4)28)15-33-20(5)29/h10-11,17,21,27H,8-9,12-15H2,1-7H3. The highest BCUT2D eigenvalue weighted by molar-refractivity contribution is 5.75. The number of aryl methyl sites for hydroxylation is 2. The molecule has 196 valence electrons. The van der Waals surface area contributed by atoms with Crippen LogP contribution in [0.2, 0.25) is 0 Å². The smallest absolute Gasteiger partial charge is 0.311 e. The molecule has 0 aliphatic carbocycles. The van der Waals surface area contributed by atoms with Crippen LogP contribution in [0, 0.1) is 19.8 Å². The minimum atomic E-state index is -0.943. The third kappa shape index (κ3) is 10.9. The summed E-state index contributed by atoms with van der Waals surface area (Å²) in [4.78, 5) is 47.2. The number of carbonyl (C=O) groups is 4. The summed E-state index contributed by atoms with van der Waals surface area (Å²) < 4.78 is 20.7. The van der Waals surface area contributed by atoms with Gasteiger partial charge in [0.25, 0.3) is 0 Å². The van der Waals surface area contributed by atoms with Crippen LogP contribution in [0.4, 0.5) is 0 Å². The minimum Gasteiger partial charge on any atom is -0.462 e. The van der Waals surface area contributed by atoms with Crippen LogP contribution in [0.5, 0.6) is 5.75 Å². The van der Waals surface area contributed by atoms with Crippen LogP contribution >= 0.6 is 0 Å². The third-order valence-corrected chi connectivity index (χ3v) is 5.35. The topological polar surface area (TPSA) is 125 Å². The summed E-state index contributed by atoms with van der Waals surface area (Å²) in [6.07, 6.45) is -0.547. The van der Waals surface area contributed by atoms with Gasteiger partial charge in [-0.05, 0) is 48.8 Å². The molecule has 1 atom stereocenters. The molecule has 0 fully saturated rings. The Morgan fingerprint density at radius 1 is 0.943 bits per heavy atom. The maximum Gasteiger partial charge on any atom is 0.311 e. The van der Waals surface area contributed by atoms with Crippen molar-refractivity contribution in [1.29, 1.82) is 0 Å². The molecule has 0 radical (unpaired) electrons. The van der Waals surface area contributed by atoms with E-state index in [0.29, 0.717) is 12.2 Å². The first-order valence-electron chi connectivity index (χ1n) is 11.6. The Kier molecular flexibility index (Phi) is 11.9. The zero-order chi connectivity index (χ0) is 26.8. The Bertz CT molecular complexity index is 886. The summed E-state index contributed by atoms with van der Waals surface area (Å²) in [6.45, 7) is 11.5.